The van der Waals surface area contributed by atoms with E-state index >= 15 is 0 Å². The Morgan fingerprint density at radius 3 is 1.97 bits per heavy atom. The molecule has 0 saturated heterocycles. The van der Waals surface area contributed by atoms with Crippen LogP contribution in [0.15, 0.2) is 121 Å². The molecule has 0 fully saturated rings. The van der Waals surface area contributed by atoms with Crippen molar-refractivity contribution < 1.29 is 19.0 Å². The number of carbonyl (C=O) groups excluding carboxylic acids is 1. The first-order valence-corrected chi connectivity index (χ1v) is 12.1. The van der Waals surface area contributed by atoms with E-state index in [4.69, 9.17) is 14.2 Å². The summed E-state index contributed by atoms with van der Waals surface area (Å²) >= 11 is 0. The van der Waals surface area contributed by atoms with Crippen molar-refractivity contribution in [3.8, 4) is 17.2 Å². The van der Waals surface area contributed by atoms with Gasteiger partial charge in [0.25, 0.3) is 0 Å². The van der Waals surface area contributed by atoms with Gasteiger partial charge in [0, 0.05) is 22.1 Å². The van der Waals surface area contributed by atoms with Gasteiger partial charge in [-0.15, -0.1) is 0 Å². The Balaban J connectivity index is 1.55. The quantitative estimate of drug-likeness (QED) is 0.239. The summed E-state index contributed by atoms with van der Waals surface area (Å²) in [5.74, 6) is 1.60. The number of rotatable bonds is 5. The number of para-hydroxylation sites is 1. The van der Waals surface area contributed by atoms with Crippen molar-refractivity contribution in [2.24, 2.45) is 0 Å². The second kappa shape index (κ2) is 9.32. The smallest absolute Gasteiger partial charge is 0.338 e. The lowest BCUT2D eigenvalue weighted by atomic mass is 9.82. The van der Waals surface area contributed by atoms with Gasteiger partial charge in [-0.2, -0.15) is 0 Å². The number of methoxy groups -OCH3 is 1. The second-order valence-corrected chi connectivity index (χ2v) is 8.86. The van der Waals surface area contributed by atoms with Crippen LogP contribution in [-0.4, -0.2) is 13.1 Å². The molecule has 0 amide bonds. The van der Waals surface area contributed by atoms with Crippen LogP contribution in [0.1, 0.15) is 27.0 Å². The largest absolute Gasteiger partial charge is 0.472 e. The maximum atomic E-state index is 12.9. The maximum Gasteiger partial charge on any atom is 0.338 e. The van der Waals surface area contributed by atoms with E-state index in [1.54, 1.807) is 0 Å². The molecular weight excluding hydrogens is 460 g/mol. The zero-order valence-corrected chi connectivity index (χ0v) is 20.3. The minimum Gasteiger partial charge on any atom is -0.472 e. The molecule has 0 atom stereocenters. The SMILES string of the molecule is COC(=O)c1cc2cc(Oc3ccccc3)ccc2c2c1C=CC(c1ccccc1)(c1ccccc1)O2. The van der Waals surface area contributed by atoms with Crippen LogP contribution >= 0.6 is 0 Å². The van der Waals surface area contributed by atoms with E-state index in [1.807, 2.05) is 103 Å². The molecule has 37 heavy (non-hydrogen) atoms. The van der Waals surface area contributed by atoms with E-state index in [0.717, 1.165) is 27.6 Å². The third-order valence-corrected chi connectivity index (χ3v) is 6.64. The Labute approximate surface area is 215 Å². The summed E-state index contributed by atoms with van der Waals surface area (Å²) < 4.78 is 18.2. The van der Waals surface area contributed by atoms with Crippen molar-refractivity contribution in [2.45, 2.75) is 5.60 Å². The van der Waals surface area contributed by atoms with Crippen LogP contribution in [0.3, 0.4) is 0 Å². The van der Waals surface area contributed by atoms with Crippen LogP contribution in [0.4, 0.5) is 0 Å². The monoisotopic (exact) mass is 484 g/mol. The topological polar surface area (TPSA) is 44.8 Å². The van der Waals surface area contributed by atoms with Gasteiger partial charge in [-0.05, 0) is 53.9 Å². The summed E-state index contributed by atoms with van der Waals surface area (Å²) in [5.41, 5.74) is 2.25. The summed E-state index contributed by atoms with van der Waals surface area (Å²) in [7, 11) is 1.39. The van der Waals surface area contributed by atoms with Gasteiger partial charge in [0.1, 0.15) is 17.2 Å². The maximum absolute atomic E-state index is 12.9. The molecule has 6 rings (SSSR count). The number of fused-ring (bicyclic) bond motifs is 3. The molecule has 0 aromatic heterocycles. The minimum absolute atomic E-state index is 0.423. The molecule has 0 unspecified atom stereocenters. The predicted octanol–water partition coefficient (Wildman–Crippen LogP) is 7.77. The van der Waals surface area contributed by atoms with Gasteiger partial charge >= 0.3 is 5.97 Å². The number of benzene rings is 5. The average molecular weight is 485 g/mol. The van der Waals surface area contributed by atoms with E-state index in [1.165, 1.54) is 7.11 Å². The Kier molecular flexibility index (Phi) is 5.70. The first-order chi connectivity index (χ1) is 18.2. The van der Waals surface area contributed by atoms with Crippen LogP contribution in [-0.2, 0) is 10.3 Å². The fourth-order valence-corrected chi connectivity index (χ4v) is 4.85. The van der Waals surface area contributed by atoms with Gasteiger partial charge in [0.15, 0.2) is 5.60 Å². The third kappa shape index (κ3) is 4.03. The standard InChI is InChI=1S/C33H24O4/c1-35-32(34)30-22-23-21-27(36-26-15-9-4-10-16-26)17-18-28(23)31-29(30)19-20-33(37-31,24-11-5-2-6-12-24)25-13-7-3-8-14-25/h2-22H,1H3. The fourth-order valence-electron chi connectivity index (χ4n) is 4.85. The molecule has 4 heteroatoms. The highest BCUT2D eigenvalue weighted by Crippen LogP contribution is 2.47. The third-order valence-electron chi connectivity index (χ3n) is 6.64. The molecule has 5 aromatic rings. The van der Waals surface area contributed by atoms with Crippen LogP contribution in [0.5, 0.6) is 17.2 Å². The molecule has 0 saturated carbocycles. The summed E-state index contributed by atoms with van der Waals surface area (Å²) in [5, 5.41) is 1.70. The molecule has 1 aliphatic rings. The van der Waals surface area contributed by atoms with Gasteiger partial charge in [-0.1, -0.05) is 78.9 Å². The summed E-state index contributed by atoms with van der Waals surface area (Å²) in [6.07, 6.45) is 3.99. The normalized spacial score (nSPS) is 13.4. The molecule has 0 aliphatic carbocycles. The number of carbonyl (C=O) groups is 1. The van der Waals surface area contributed by atoms with Crippen molar-refractivity contribution >= 4 is 22.8 Å². The van der Waals surface area contributed by atoms with Crippen LogP contribution in [0, 0.1) is 0 Å². The molecule has 4 nitrogen and oxygen atoms in total. The summed E-state index contributed by atoms with van der Waals surface area (Å²) in [6, 6.07) is 37.5. The fraction of sp³-hybridized carbons (Fsp3) is 0.0606. The Morgan fingerprint density at radius 1 is 0.730 bits per heavy atom. The van der Waals surface area contributed by atoms with E-state index in [-0.39, 0.29) is 0 Å². The van der Waals surface area contributed by atoms with E-state index in [2.05, 4.69) is 24.3 Å². The molecular formula is C33H24O4. The molecule has 0 spiro atoms. The number of esters is 1. The van der Waals surface area contributed by atoms with Crippen molar-refractivity contribution in [2.75, 3.05) is 7.11 Å². The molecule has 0 radical (unpaired) electrons. The van der Waals surface area contributed by atoms with Crippen molar-refractivity contribution in [3.63, 3.8) is 0 Å². The lowest BCUT2D eigenvalue weighted by Crippen LogP contribution is -2.34. The predicted molar refractivity (Wildman–Crippen MR) is 145 cm³/mol. The first kappa shape index (κ1) is 22.6. The Morgan fingerprint density at radius 2 is 1.35 bits per heavy atom. The highest BCUT2D eigenvalue weighted by molar-refractivity contribution is 6.04. The average Bonchev–Trinajstić information content (AvgIpc) is 2.97. The number of hydrogen-bond acceptors (Lipinski definition) is 4. The van der Waals surface area contributed by atoms with Gasteiger partial charge in [-0.3, -0.25) is 0 Å². The number of ether oxygens (including phenoxy) is 3. The van der Waals surface area contributed by atoms with E-state index < -0.39 is 11.6 Å². The van der Waals surface area contributed by atoms with Crippen LogP contribution in [0.25, 0.3) is 16.8 Å². The van der Waals surface area contributed by atoms with Crippen LogP contribution < -0.4 is 9.47 Å². The summed E-state index contributed by atoms with van der Waals surface area (Å²) in [6.45, 7) is 0. The highest BCUT2D eigenvalue weighted by Gasteiger charge is 2.38. The zero-order valence-electron chi connectivity index (χ0n) is 20.3. The van der Waals surface area contributed by atoms with E-state index in [0.29, 0.717) is 22.6 Å². The molecule has 0 bridgehead atoms. The van der Waals surface area contributed by atoms with Crippen molar-refractivity contribution in [3.05, 3.63) is 144 Å². The minimum atomic E-state index is -0.865. The lowest BCUT2D eigenvalue weighted by molar-refractivity contribution is 0.0599. The van der Waals surface area contributed by atoms with Gasteiger partial charge in [0.05, 0.1) is 12.7 Å². The highest BCUT2D eigenvalue weighted by atomic mass is 16.5. The van der Waals surface area contributed by atoms with E-state index in [9.17, 15) is 4.79 Å². The van der Waals surface area contributed by atoms with Gasteiger partial charge in [0.2, 0.25) is 0 Å². The molecule has 1 heterocycles. The molecule has 180 valence electrons. The first-order valence-electron chi connectivity index (χ1n) is 12.1. The summed E-state index contributed by atoms with van der Waals surface area (Å²) in [4.78, 5) is 12.9. The van der Waals surface area contributed by atoms with Crippen molar-refractivity contribution in [1.82, 2.24) is 0 Å². The van der Waals surface area contributed by atoms with Crippen LogP contribution in [0.2, 0.25) is 0 Å². The Hall–Kier alpha value is -4.83. The number of hydrogen-bond donors (Lipinski definition) is 0. The molecule has 0 N–H and O–H groups in total. The second-order valence-electron chi connectivity index (χ2n) is 8.86. The van der Waals surface area contributed by atoms with Gasteiger partial charge < -0.3 is 14.2 Å². The molecule has 1 aliphatic heterocycles. The van der Waals surface area contributed by atoms with Gasteiger partial charge in [-0.25, -0.2) is 4.79 Å². The van der Waals surface area contributed by atoms with Crippen molar-refractivity contribution in [1.29, 1.82) is 0 Å². The lowest BCUT2D eigenvalue weighted by Gasteiger charge is -2.37. The zero-order chi connectivity index (χ0) is 25.2. The Bertz CT molecular complexity index is 1570. The molecule has 5 aromatic carbocycles.